The molecule has 2 aromatic heterocycles. The van der Waals surface area contributed by atoms with Gasteiger partial charge in [-0.2, -0.15) is 4.31 Å². The standard InChI is InChI=1S/C22H21FN4O3S/c1-27(14-8-9-24-12-14)31(29,30)20-7-6-18-15(21(20)23)11-19(25-18)16-10-13-4-2-3-5-17(13)26-22(16)28/h2-7,10-11,14,24-25H,8-9,12H2,1H3,(H,26,28). The van der Waals surface area contributed by atoms with Crippen molar-refractivity contribution in [2.75, 3.05) is 20.1 Å². The molecule has 0 amide bonds. The molecule has 5 rings (SSSR count). The number of nitrogens with zero attached hydrogens (tertiary/aromatic N) is 1. The molecule has 1 aliphatic heterocycles. The molecule has 0 aliphatic carbocycles. The summed E-state index contributed by atoms with van der Waals surface area (Å²) < 4.78 is 42.7. The number of likely N-dealkylation sites (N-methyl/N-ethyl adjacent to an activating group) is 1. The molecular formula is C22H21FN4O3S. The number of pyridine rings is 1. The number of hydrogen-bond donors (Lipinski definition) is 3. The Hall–Kier alpha value is -3.01. The minimum absolute atomic E-state index is 0.126. The Kier molecular flexibility index (Phi) is 4.69. The predicted octanol–water partition coefficient (Wildman–Crippen LogP) is 2.80. The molecule has 3 N–H and O–H groups in total. The molecular weight excluding hydrogens is 419 g/mol. The zero-order chi connectivity index (χ0) is 21.8. The minimum atomic E-state index is -4.00. The van der Waals surface area contributed by atoms with Crippen molar-refractivity contribution in [3.05, 3.63) is 64.7 Å². The molecule has 0 radical (unpaired) electrons. The molecule has 0 bridgehead atoms. The molecule has 3 heterocycles. The van der Waals surface area contributed by atoms with Gasteiger partial charge in [-0.05, 0) is 48.7 Å². The molecule has 1 atom stereocenters. The first kappa shape index (κ1) is 19.9. The molecule has 2 aromatic carbocycles. The van der Waals surface area contributed by atoms with E-state index in [4.69, 9.17) is 0 Å². The van der Waals surface area contributed by atoms with Crippen LogP contribution >= 0.6 is 0 Å². The summed E-state index contributed by atoms with van der Waals surface area (Å²) in [4.78, 5) is 18.1. The highest BCUT2D eigenvalue weighted by Gasteiger charge is 2.32. The average Bonchev–Trinajstić information content (AvgIpc) is 3.43. The van der Waals surface area contributed by atoms with Gasteiger partial charge in [-0.1, -0.05) is 18.2 Å². The van der Waals surface area contributed by atoms with Gasteiger partial charge in [0.15, 0.2) is 5.82 Å². The van der Waals surface area contributed by atoms with Crippen LogP contribution < -0.4 is 10.9 Å². The lowest BCUT2D eigenvalue weighted by Crippen LogP contribution is -2.38. The van der Waals surface area contributed by atoms with Crippen molar-refractivity contribution in [2.45, 2.75) is 17.4 Å². The second kappa shape index (κ2) is 7.30. The Bertz CT molecular complexity index is 1470. The number of sulfonamides is 1. The van der Waals surface area contributed by atoms with Gasteiger partial charge in [-0.3, -0.25) is 4.79 Å². The van der Waals surface area contributed by atoms with Crippen LogP contribution in [0.15, 0.2) is 58.2 Å². The number of nitrogens with one attached hydrogen (secondary N) is 3. The molecule has 4 aromatic rings. The monoisotopic (exact) mass is 440 g/mol. The Morgan fingerprint density at radius 1 is 1.06 bits per heavy atom. The summed E-state index contributed by atoms with van der Waals surface area (Å²) >= 11 is 0. The highest BCUT2D eigenvalue weighted by molar-refractivity contribution is 7.89. The Morgan fingerprint density at radius 3 is 2.65 bits per heavy atom. The van der Waals surface area contributed by atoms with Gasteiger partial charge in [0.1, 0.15) is 4.90 Å². The van der Waals surface area contributed by atoms with Crippen molar-refractivity contribution in [2.24, 2.45) is 0 Å². The summed E-state index contributed by atoms with van der Waals surface area (Å²) in [6, 6.07) is 13.2. The minimum Gasteiger partial charge on any atom is -0.354 e. The Morgan fingerprint density at radius 2 is 1.87 bits per heavy atom. The van der Waals surface area contributed by atoms with Gasteiger partial charge in [0.25, 0.3) is 5.56 Å². The fourth-order valence-electron chi connectivity index (χ4n) is 4.14. The molecule has 1 aliphatic rings. The molecule has 1 fully saturated rings. The third-order valence-corrected chi connectivity index (χ3v) is 7.88. The van der Waals surface area contributed by atoms with E-state index in [0.29, 0.717) is 35.3 Å². The van der Waals surface area contributed by atoms with Crippen LogP contribution in [0.2, 0.25) is 0 Å². The van der Waals surface area contributed by atoms with Crippen LogP contribution in [0.5, 0.6) is 0 Å². The number of para-hydroxylation sites is 1. The van der Waals surface area contributed by atoms with E-state index < -0.39 is 15.8 Å². The van der Waals surface area contributed by atoms with Gasteiger partial charge < -0.3 is 15.3 Å². The number of hydrogen-bond acceptors (Lipinski definition) is 4. The van der Waals surface area contributed by atoms with E-state index in [1.165, 1.54) is 29.6 Å². The summed E-state index contributed by atoms with van der Waals surface area (Å²) in [7, 11) is -2.52. The molecule has 0 spiro atoms. The molecule has 0 saturated carbocycles. The molecule has 9 heteroatoms. The van der Waals surface area contributed by atoms with Gasteiger partial charge in [0.05, 0.1) is 11.3 Å². The number of benzene rings is 2. The van der Waals surface area contributed by atoms with Gasteiger partial charge in [-0.15, -0.1) is 0 Å². The van der Waals surface area contributed by atoms with Crippen LogP contribution in [0.3, 0.4) is 0 Å². The SMILES string of the molecule is CN(C1CCNC1)S(=O)(=O)c1ccc2[nH]c(-c3cc4ccccc4[nH]c3=O)cc2c1F. The second-order valence-corrected chi connectivity index (χ2v) is 9.76. The molecule has 1 saturated heterocycles. The van der Waals surface area contributed by atoms with Crippen molar-refractivity contribution in [1.82, 2.24) is 19.6 Å². The van der Waals surface area contributed by atoms with Crippen molar-refractivity contribution >= 4 is 31.8 Å². The number of H-pyrrole nitrogens is 2. The Balaban J connectivity index is 1.61. The molecule has 160 valence electrons. The Labute approximate surface area is 177 Å². The van der Waals surface area contributed by atoms with E-state index in [1.54, 1.807) is 12.1 Å². The summed E-state index contributed by atoms with van der Waals surface area (Å²) in [5.74, 6) is -0.824. The molecule has 1 unspecified atom stereocenters. The van der Waals surface area contributed by atoms with E-state index in [0.717, 1.165) is 11.9 Å². The molecule has 31 heavy (non-hydrogen) atoms. The van der Waals surface area contributed by atoms with Gasteiger partial charge in [0, 0.05) is 36.1 Å². The number of halogens is 1. The van der Waals surface area contributed by atoms with E-state index in [1.807, 2.05) is 18.2 Å². The molecule has 7 nitrogen and oxygen atoms in total. The highest BCUT2D eigenvalue weighted by atomic mass is 32.2. The van der Waals surface area contributed by atoms with Gasteiger partial charge in [0.2, 0.25) is 10.0 Å². The predicted molar refractivity (Wildman–Crippen MR) is 118 cm³/mol. The maximum atomic E-state index is 15.4. The van der Waals surface area contributed by atoms with Crippen LogP contribution in [0.1, 0.15) is 6.42 Å². The first-order valence-corrected chi connectivity index (χ1v) is 11.4. The van der Waals surface area contributed by atoms with Gasteiger partial charge >= 0.3 is 0 Å². The van der Waals surface area contributed by atoms with E-state index >= 15 is 4.39 Å². The van der Waals surface area contributed by atoms with E-state index in [2.05, 4.69) is 15.3 Å². The van der Waals surface area contributed by atoms with Crippen molar-refractivity contribution in [1.29, 1.82) is 0 Å². The van der Waals surface area contributed by atoms with Crippen LogP contribution in [0.4, 0.5) is 4.39 Å². The summed E-state index contributed by atoms with van der Waals surface area (Å²) in [5.41, 5.74) is 1.59. The lowest BCUT2D eigenvalue weighted by atomic mass is 10.1. The number of aromatic nitrogens is 2. The fraction of sp³-hybridized carbons (Fsp3) is 0.227. The normalized spacial score (nSPS) is 17.2. The van der Waals surface area contributed by atoms with Crippen molar-refractivity contribution < 1.29 is 12.8 Å². The maximum absolute atomic E-state index is 15.4. The van der Waals surface area contributed by atoms with E-state index in [-0.39, 0.29) is 21.9 Å². The maximum Gasteiger partial charge on any atom is 0.257 e. The highest BCUT2D eigenvalue weighted by Crippen LogP contribution is 2.31. The van der Waals surface area contributed by atoms with Crippen molar-refractivity contribution in [3.63, 3.8) is 0 Å². The lowest BCUT2D eigenvalue weighted by molar-refractivity contribution is 0.385. The fourth-order valence-corrected chi connectivity index (χ4v) is 5.60. The average molecular weight is 441 g/mol. The van der Waals surface area contributed by atoms with Crippen LogP contribution in [-0.2, 0) is 10.0 Å². The zero-order valence-corrected chi connectivity index (χ0v) is 17.6. The summed E-state index contributed by atoms with van der Waals surface area (Å²) in [6.07, 6.45) is 0.679. The van der Waals surface area contributed by atoms with Crippen LogP contribution in [-0.4, -0.2) is 48.9 Å². The number of fused-ring (bicyclic) bond motifs is 2. The smallest absolute Gasteiger partial charge is 0.257 e. The largest absolute Gasteiger partial charge is 0.354 e. The third-order valence-electron chi connectivity index (χ3n) is 5.95. The van der Waals surface area contributed by atoms with E-state index in [9.17, 15) is 13.2 Å². The topological polar surface area (TPSA) is 98.1 Å². The van der Waals surface area contributed by atoms with Crippen LogP contribution in [0.25, 0.3) is 33.1 Å². The quantitative estimate of drug-likeness (QED) is 0.455. The number of aromatic amines is 2. The van der Waals surface area contributed by atoms with Crippen LogP contribution in [0, 0.1) is 5.82 Å². The van der Waals surface area contributed by atoms with Gasteiger partial charge in [-0.25, -0.2) is 12.8 Å². The first-order chi connectivity index (χ1) is 14.9. The lowest BCUT2D eigenvalue weighted by Gasteiger charge is -2.23. The van der Waals surface area contributed by atoms with Crippen molar-refractivity contribution in [3.8, 4) is 11.3 Å². The summed E-state index contributed by atoms with van der Waals surface area (Å²) in [5, 5.41) is 4.09. The first-order valence-electron chi connectivity index (χ1n) is 9.98. The second-order valence-electron chi connectivity index (χ2n) is 7.79. The third kappa shape index (κ3) is 3.25. The number of rotatable bonds is 4. The zero-order valence-electron chi connectivity index (χ0n) is 16.8. The summed E-state index contributed by atoms with van der Waals surface area (Å²) in [6.45, 7) is 1.27.